The first-order chi connectivity index (χ1) is 10.6. The second-order valence-electron chi connectivity index (χ2n) is 5.83. The van der Waals surface area contributed by atoms with Gasteiger partial charge in [-0.15, -0.1) is 0 Å². The van der Waals surface area contributed by atoms with Crippen LogP contribution in [0.2, 0.25) is 0 Å². The van der Waals surface area contributed by atoms with E-state index in [1.165, 1.54) is 6.07 Å². The molecule has 0 N–H and O–H groups in total. The second-order valence-corrected chi connectivity index (χ2v) is 5.83. The molecule has 0 spiro atoms. The number of ether oxygens (including phenoxy) is 1. The fourth-order valence-corrected chi connectivity index (χ4v) is 2.86. The second kappa shape index (κ2) is 5.84. The molecule has 0 saturated carbocycles. The number of hydrogen-bond acceptors (Lipinski definition) is 1. The standard InChI is InChI=1S/C19H20FNO/c1-13(2)21-15(11-16-17(20)8-6-9-18(16)21)12-22-19-10-5-4-7-14(19)3/h4-11,13H,12H2,1-3H3. The van der Waals surface area contributed by atoms with E-state index in [1.807, 2.05) is 43.3 Å². The van der Waals surface area contributed by atoms with Gasteiger partial charge in [0.1, 0.15) is 18.2 Å². The summed E-state index contributed by atoms with van der Waals surface area (Å²) >= 11 is 0. The van der Waals surface area contributed by atoms with E-state index in [2.05, 4.69) is 18.4 Å². The Kier molecular flexibility index (Phi) is 3.88. The van der Waals surface area contributed by atoms with E-state index in [-0.39, 0.29) is 11.9 Å². The Morgan fingerprint density at radius 1 is 1.09 bits per heavy atom. The monoisotopic (exact) mass is 297 g/mol. The summed E-state index contributed by atoms with van der Waals surface area (Å²) in [5, 5.41) is 0.652. The molecule has 0 aliphatic rings. The minimum atomic E-state index is -0.186. The number of fused-ring (bicyclic) bond motifs is 1. The molecule has 2 aromatic carbocycles. The number of hydrogen-bond donors (Lipinski definition) is 0. The SMILES string of the molecule is Cc1ccccc1OCc1cc2c(F)cccc2n1C(C)C. The summed E-state index contributed by atoms with van der Waals surface area (Å²) in [7, 11) is 0. The Morgan fingerprint density at radius 2 is 1.86 bits per heavy atom. The summed E-state index contributed by atoms with van der Waals surface area (Å²) in [6, 6.07) is 15.3. The van der Waals surface area contributed by atoms with E-state index in [1.54, 1.807) is 6.07 Å². The quantitative estimate of drug-likeness (QED) is 0.641. The van der Waals surface area contributed by atoms with Crippen LogP contribution >= 0.6 is 0 Å². The fraction of sp³-hybridized carbons (Fsp3) is 0.263. The maximum absolute atomic E-state index is 14.0. The molecule has 0 atom stereocenters. The van der Waals surface area contributed by atoms with Crippen molar-refractivity contribution >= 4 is 10.9 Å². The van der Waals surface area contributed by atoms with Gasteiger partial charge in [0.05, 0.1) is 11.2 Å². The van der Waals surface area contributed by atoms with Crippen molar-refractivity contribution in [1.29, 1.82) is 0 Å². The van der Waals surface area contributed by atoms with Crippen molar-refractivity contribution in [2.24, 2.45) is 0 Å². The Labute approximate surface area is 130 Å². The van der Waals surface area contributed by atoms with E-state index < -0.39 is 0 Å². The van der Waals surface area contributed by atoms with Crippen LogP contribution in [0.1, 0.15) is 31.1 Å². The van der Waals surface area contributed by atoms with Gasteiger partial charge >= 0.3 is 0 Å². The van der Waals surface area contributed by atoms with E-state index >= 15 is 0 Å². The fourth-order valence-electron chi connectivity index (χ4n) is 2.86. The average molecular weight is 297 g/mol. The van der Waals surface area contributed by atoms with Crippen LogP contribution in [0.25, 0.3) is 10.9 Å². The van der Waals surface area contributed by atoms with Gasteiger partial charge in [0.15, 0.2) is 0 Å². The van der Waals surface area contributed by atoms with Crippen LogP contribution in [0.4, 0.5) is 4.39 Å². The van der Waals surface area contributed by atoms with Crippen LogP contribution in [0, 0.1) is 12.7 Å². The summed E-state index contributed by atoms with van der Waals surface area (Å²) in [4.78, 5) is 0. The molecule has 0 saturated heterocycles. The Hall–Kier alpha value is -2.29. The van der Waals surface area contributed by atoms with Crippen molar-refractivity contribution in [2.75, 3.05) is 0 Å². The summed E-state index contributed by atoms with van der Waals surface area (Å²) in [5.74, 6) is 0.678. The smallest absolute Gasteiger partial charge is 0.132 e. The molecule has 3 rings (SSSR count). The molecule has 1 aromatic heterocycles. The summed E-state index contributed by atoms with van der Waals surface area (Å²) in [6.07, 6.45) is 0. The van der Waals surface area contributed by atoms with Gasteiger partial charge in [-0.05, 0) is 50.6 Å². The van der Waals surface area contributed by atoms with E-state index in [0.717, 1.165) is 22.5 Å². The number of halogens is 1. The summed E-state index contributed by atoms with van der Waals surface area (Å²) < 4.78 is 22.1. The highest BCUT2D eigenvalue weighted by Crippen LogP contribution is 2.27. The number of aromatic nitrogens is 1. The lowest BCUT2D eigenvalue weighted by atomic mass is 10.2. The van der Waals surface area contributed by atoms with Gasteiger partial charge < -0.3 is 9.30 Å². The first kappa shape index (κ1) is 14.6. The third kappa shape index (κ3) is 2.59. The number of nitrogens with zero attached hydrogens (tertiary/aromatic N) is 1. The van der Waals surface area contributed by atoms with Crippen molar-refractivity contribution in [1.82, 2.24) is 4.57 Å². The zero-order valence-corrected chi connectivity index (χ0v) is 13.1. The van der Waals surface area contributed by atoms with Crippen molar-refractivity contribution in [3.63, 3.8) is 0 Å². The number of aryl methyl sites for hydroxylation is 1. The first-order valence-corrected chi connectivity index (χ1v) is 7.54. The van der Waals surface area contributed by atoms with Gasteiger partial charge in [-0.3, -0.25) is 0 Å². The molecule has 0 aliphatic carbocycles. The van der Waals surface area contributed by atoms with Crippen molar-refractivity contribution in [3.05, 3.63) is 65.6 Å². The van der Waals surface area contributed by atoms with Gasteiger partial charge in [-0.1, -0.05) is 24.3 Å². The van der Waals surface area contributed by atoms with Gasteiger partial charge in [0, 0.05) is 11.4 Å². The Balaban J connectivity index is 1.98. The highest BCUT2D eigenvalue weighted by molar-refractivity contribution is 5.82. The molecular formula is C19H20FNO. The largest absolute Gasteiger partial charge is 0.487 e. The molecule has 0 aliphatic heterocycles. The minimum absolute atomic E-state index is 0.186. The lowest BCUT2D eigenvalue weighted by Crippen LogP contribution is -2.08. The van der Waals surface area contributed by atoms with Gasteiger partial charge in [-0.2, -0.15) is 0 Å². The minimum Gasteiger partial charge on any atom is -0.487 e. The zero-order valence-electron chi connectivity index (χ0n) is 13.1. The molecule has 2 nitrogen and oxygen atoms in total. The molecule has 114 valence electrons. The lowest BCUT2D eigenvalue weighted by molar-refractivity contribution is 0.291. The highest BCUT2D eigenvalue weighted by atomic mass is 19.1. The molecule has 0 radical (unpaired) electrons. The van der Waals surface area contributed by atoms with Gasteiger partial charge in [0.25, 0.3) is 0 Å². The maximum atomic E-state index is 14.0. The third-order valence-corrected chi connectivity index (χ3v) is 3.90. The van der Waals surface area contributed by atoms with Crippen LogP contribution in [0.15, 0.2) is 48.5 Å². The molecule has 3 heteroatoms. The number of para-hydroxylation sites is 1. The predicted molar refractivity (Wildman–Crippen MR) is 87.8 cm³/mol. The van der Waals surface area contributed by atoms with Gasteiger partial charge in [-0.25, -0.2) is 4.39 Å². The van der Waals surface area contributed by atoms with Gasteiger partial charge in [0.2, 0.25) is 0 Å². The van der Waals surface area contributed by atoms with Crippen LogP contribution < -0.4 is 4.74 Å². The first-order valence-electron chi connectivity index (χ1n) is 7.54. The van der Waals surface area contributed by atoms with Crippen LogP contribution in [-0.2, 0) is 6.61 Å². The number of benzene rings is 2. The highest BCUT2D eigenvalue weighted by Gasteiger charge is 2.14. The predicted octanol–water partition coefficient (Wildman–Crippen LogP) is 5.25. The van der Waals surface area contributed by atoms with E-state index in [9.17, 15) is 4.39 Å². The molecule has 0 unspecified atom stereocenters. The van der Waals surface area contributed by atoms with Crippen molar-refractivity contribution in [3.8, 4) is 5.75 Å². The Bertz CT molecular complexity index is 804. The average Bonchev–Trinajstić information content (AvgIpc) is 2.86. The maximum Gasteiger partial charge on any atom is 0.132 e. The molecule has 0 fully saturated rings. The molecular weight excluding hydrogens is 277 g/mol. The molecule has 22 heavy (non-hydrogen) atoms. The molecule has 1 heterocycles. The lowest BCUT2D eigenvalue weighted by Gasteiger charge is -2.16. The summed E-state index contributed by atoms with van der Waals surface area (Å²) in [5.41, 5.74) is 3.00. The van der Waals surface area contributed by atoms with Crippen molar-refractivity contribution < 1.29 is 9.13 Å². The van der Waals surface area contributed by atoms with Crippen LogP contribution in [-0.4, -0.2) is 4.57 Å². The zero-order chi connectivity index (χ0) is 15.7. The third-order valence-electron chi connectivity index (χ3n) is 3.90. The Morgan fingerprint density at radius 3 is 2.59 bits per heavy atom. The number of rotatable bonds is 4. The molecule has 0 amide bonds. The van der Waals surface area contributed by atoms with E-state index in [0.29, 0.717) is 12.0 Å². The van der Waals surface area contributed by atoms with Crippen LogP contribution in [0.5, 0.6) is 5.75 Å². The summed E-state index contributed by atoms with van der Waals surface area (Å²) in [6.45, 7) is 6.65. The molecule has 0 bridgehead atoms. The topological polar surface area (TPSA) is 14.2 Å². The van der Waals surface area contributed by atoms with Crippen LogP contribution in [0.3, 0.4) is 0 Å². The normalized spacial score (nSPS) is 11.3. The van der Waals surface area contributed by atoms with E-state index in [4.69, 9.17) is 4.74 Å². The molecule has 3 aromatic rings. The van der Waals surface area contributed by atoms with Crippen molar-refractivity contribution in [2.45, 2.75) is 33.4 Å².